The summed E-state index contributed by atoms with van der Waals surface area (Å²) in [6.45, 7) is 4.39. The Morgan fingerprint density at radius 2 is 1.94 bits per heavy atom. The zero-order valence-electron chi connectivity index (χ0n) is 10.1. The number of hydrogen-bond acceptors (Lipinski definition) is 3. The van der Waals surface area contributed by atoms with Gasteiger partial charge in [0.05, 0.1) is 18.3 Å². The summed E-state index contributed by atoms with van der Waals surface area (Å²) in [5, 5.41) is 14.4. The molecule has 90 valence electrons. The number of aliphatic hydroxyl groups excluding tert-OH is 1. The van der Waals surface area contributed by atoms with E-state index in [1.807, 2.05) is 36.7 Å². The van der Waals surface area contributed by atoms with Crippen LogP contribution >= 0.6 is 0 Å². The maximum Gasteiger partial charge on any atom is 0.0986 e. The molecular weight excluding hydrogens is 214 g/mol. The molecule has 0 amide bonds. The molecule has 0 fully saturated rings. The third kappa shape index (κ3) is 2.65. The van der Waals surface area contributed by atoms with Crippen molar-refractivity contribution in [3.8, 4) is 0 Å². The van der Waals surface area contributed by atoms with Crippen molar-refractivity contribution in [3.05, 3.63) is 47.3 Å². The number of aliphatic hydroxyl groups is 1. The van der Waals surface area contributed by atoms with Crippen LogP contribution in [0.2, 0.25) is 0 Å². The van der Waals surface area contributed by atoms with Crippen molar-refractivity contribution in [1.82, 2.24) is 9.78 Å². The van der Waals surface area contributed by atoms with Gasteiger partial charge in [0, 0.05) is 11.4 Å². The monoisotopic (exact) mass is 231 g/mol. The highest BCUT2D eigenvalue weighted by molar-refractivity contribution is 5.39. The normalized spacial score (nSPS) is 12.6. The predicted molar refractivity (Wildman–Crippen MR) is 67.5 cm³/mol. The highest BCUT2D eigenvalue weighted by Gasteiger charge is 2.10. The van der Waals surface area contributed by atoms with Gasteiger partial charge >= 0.3 is 0 Å². The van der Waals surface area contributed by atoms with E-state index in [1.165, 1.54) is 0 Å². The lowest BCUT2D eigenvalue weighted by molar-refractivity contribution is 0.150. The van der Waals surface area contributed by atoms with Crippen molar-refractivity contribution in [2.24, 2.45) is 0 Å². The van der Waals surface area contributed by atoms with Crippen LogP contribution in [0.3, 0.4) is 0 Å². The van der Waals surface area contributed by atoms with E-state index in [0.717, 1.165) is 17.0 Å². The molecular formula is C13H17N3O. The summed E-state index contributed by atoms with van der Waals surface area (Å²) in [4.78, 5) is 0. The molecule has 4 heteroatoms. The number of nitrogen functional groups attached to an aromatic ring is 1. The summed E-state index contributed by atoms with van der Waals surface area (Å²) in [6, 6.07) is 9.26. The Labute approximate surface area is 101 Å². The molecule has 4 nitrogen and oxygen atoms in total. The van der Waals surface area contributed by atoms with E-state index in [-0.39, 0.29) is 0 Å². The first-order chi connectivity index (χ1) is 8.06. The highest BCUT2D eigenvalue weighted by atomic mass is 16.3. The minimum absolute atomic E-state index is 0.462. The first kappa shape index (κ1) is 11.7. The van der Waals surface area contributed by atoms with Crippen molar-refractivity contribution < 1.29 is 5.11 Å². The summed E-state index contributed by atoms with van der Waals surface area (Å²) in [6.07, 6.45) is -0.561. The maximum absolute atomic E-state index is 10.1. The lowest BCUT2D eigenvalue weighted by Crippen LogP contribution is -2.11. The van der Waals surface area contributed by atoms with Crippen molar-refractivity contribution in [2.75, 3.05) is 5.73 Å². The van der Waals surface area contributed by atoms with Crippen molar-refractivity contribution in [2.45, 2.75) is 26.5 Å². The number of benzene rings is 1. The quantitative estimate of drug-likeness (QED) is 0.792. The van der Waals surface area contributed by atoms with Crippen molar-refractivity contribution >= 4 is 5.69 Å². The van der Waals surface area contributed by atoms with Crippen molar-refractivity contribution in [1.29, 1.82) is 0 Å². The van der Waals surface area contributed by atoms with E-state index in [0.29, 0.717) is 12.2 Å². The van der Waals surface area contributed by atoms with Crippen LogP contribution in [0.15, 0.2) is 30.3 Å². The lowest BCUT2D eigenvalue weighted by atomic mass is 10.1. The van der Waals surface area contributed by atoms with Crippen LogP contribution in [0.4, 0.5) is 5.69 Å². The number of aromatic nitrogens is 2. The number of hydrogen-bond donors (Lipinski definition) is 2. The molecule has 1 heterocycles. The van der Waals surface area contributed by atoms with Crippen LogP contribution in [-0.2, 0) is 6.54 Å². The number of nitrogens with two attached hydrogens (primary N) is 1. The van der Waals surface area contributed by atoms with Gasteiger partial charge in [0.15, 0.2) is 0 Å². The second kappa shape index (κ2) is 4.59. The molecule has 0 saturated heterocycles. The first-order valence-corrected chi connectivity index (χ1v) is 5.61. The molecule has 1 aromatic carbocycles. The van der Waals surface area contributed by atoms with Crippen LogP contribution in [0.5, 0.6) is 0 Å². The zero-order valence-corrected chi connectivity index (χ0v) is 10.1. The summed E-state index contributed by atoms with van der Waals surface area (Å²) >= 11 is 0. The molecule has 2 aromatic rings. The van der Waals surface area contributed by atoms with E-state index in [9.17, 15) is 5.11 Å². The van der Waals surface area contributed by atoms with E-state index in [2.05, 4.69) is 5.10 Å². The molecule has 0 bridgehead atoms. The molecule has 0 aliphatic heterocycles. The number of anilines is 1. The zero-order chi connectivity index (χ0) is 12.4. The minimum atomic E-state index is -0.561. The highest BCUT2D eigenvalue weighted by Crippen LogP contribution is 2.17. The molecule has 3 N–H and O–H groups in total. The Balaban J connectivity index is 2.13. The van der Waals surface area contributed by atoms with Crippen molar-refractivity contribution in [3.63, 3.8) is 0 Å². The maximum atomic E-state index is 10.1. The van der Waals surface area contributed by atoms with Gasteiger partial charge in [0.1, 0.15) is 0 Å². The second-order valence-corrected chi connectivity index (χ2v) is 4.29. The smallest absolute Gasteiger partial charge is 0.0986 e. The van der Waals surface area contributed by atoms with E-state index >= 15 is 0 Å². The van der Waals surface area contributed by atoms with E-state index < -0.39 is 6.10 Å². The Morgan fingerprint density at radius 1 is 1.29 bits per heavy atom. The third-order valence-electron chi connectivity index (χ3n) is 2.77. The Kier molecular flexibility index (Phi) is 3.15. The molecule has 0 radical (unpaired) electrons. The van der Waals surface area contributed by atoms with Crippen LogP contribution in [0, 0.1) is 13.8 Å². The largest absolute Gasteiger partial charge is 0.399 e. The summed E-state index contributed by atoms with van der Waals surface area (Å²) in [5.41, 5.74) is 9.18. The standard InChI is InChI=1S/C13H17N3O/c1-9-7-10(2)16(15-9)8-13(17)11-3-5-12(14)6-4-11/h3-7,13,17H,8,14H2,1-2H3/t13-/m1/s1. The third-order valence-corrected chi connectivity index (χ3v) is 2.77. The van der Waals surface area contributed by atoms with Gasteiger partial charge in [-0.25, -0.2) is 0 Å². The van der Waals surface area contributed by atoms with Gasteiger partial charge in [-0.05, 0) is 37.6 Å². The number of nitrogens with zero attached hydrogens (tertiary/aromatic N) is 2. The van der Waals surface area contributed by atoms with Gasteiger partial charge in [0.2, 0.25) is 0 Å². The fraction of sp³-hybridized carbons (Fsp3) is 0.308. The van der Waals surface area contributed by atoms with Crippen LogP contribution in [0.1, 0.15) is 23.1 Å². The molecule has 0 saturated carbocycles. The van der Waals surface area contributed by atoms with Gasteiger partial charge in [-0.3, -0.25) is 4.68 Å². The molecule has 2 rings (SSSR count). The first-order valence-electron chi connectivity index (χ1n) is 5.61. The molecule has 0 aliphatic rings. The molecule has 1 aromatic heterocycles. The molecule has 0 unspecified atom stereocenters. The predicted octanol–water partition coefficient (Wildman–Crippen LogP) is 1.82. The Hall–Kier alpha value is -1.81. The van der Waals surface area contributed by atoms with Gasteiger partial charge in [-0.15, -0.1) is 0 Å². The second-order valence-electron chi connectivity index (χ2n) is 4.29. The van der Waals surface area contributed by atoms with E-state index in [1.54, 1.807) is 12.1 Å². The molecule has 0 spiro atoms. The van der Waals surface area contributed by atoms with Crippen LogP contribution < -0.4 is 5.73 Å². The minimum Gasteiger partial charge on any atom is -0.399 e. The Morgan fingerprint density at radius 3 is 2.47 bits per heavy atom. The lowest BCUT2D eigenvalue weighted by Gasteiger charge is -2.12. The summed E-state index contributed by atoms with van der Waals surface area (Å²) in [7, 11) is 0. The fourth-order valence-corrected chi connectivity index (χ4v) is 1.85. The molecule has 0 aliphatic carbocycles. The molecule has 1 atom stereocenters. The Bertz CT molecular complexity index is 502. The topological polar surface area (TPSA) is 64.1 Å². The van der Waals surface area contributed by atoms with Gasteiger partial charge < -0.3 is 10.8 Å². The summed E-state index contributed by atoms with van der Waals surface area (Å²) in [5.74, 6) is 0. The van der Waals surface area contributed by atoms with Gasteiger partial charge in [0.25, 0.3) is 0 Å². The summed E-state index contributed by atoms with van der Waals surface area (Å²) < 4.78 is 1.82. The van der Waals surface area contributed by atoms with Gasteiger partial charge in [-0.1, -0.05) is 12.1 Å². The average molecular weight is 231 g/mol. The van der Waals surface area contributed by atoms with Gasteiger partial charge in [-0.2, -0.15) is 5.10 Å². The SMILES string of the molecule is Cc1cc(C)n(C[C@@H](O)c2ccc(N)cc2)n1. The number of rotatable bonds is 3. The van der Waals surface area contributed by atoms with Crippen LogP contribution in [-0.4, -0.2) is 14.9 Å². The number of aryl methyl sites for hydroxylation is 2. The average Bonchev–Trinajstić information content (AvgIpc) is 2.58. The van der Waals surface area contributed by atoms with E-state index in [4.69, 9.17) is 5.73 Å². The molecule has 17 heavy (non-hydrogen) atoms. The fourth-order valence-electron chi connectivity index (χ4n) is 1.85. The van der Waals surface area contributed by atoms with Crippen LogP contribution in [0.25, 0.3) is 0 Å².